The molecule has 0 radical (unpaired) electrons. The van der Waals surface area contributed by atoms with Crippen LogP contribution >= 0.6 is 24.8 Å². The molecule has 0 spiro atoms. The largest absolute Gasteiger partial charge is 0.336 e. The minimum Gasteiger partial charge on any atom is -0.336 e. The highest BCUT2D eigenvalue weighted by atomic mass is 35.5. The first-order valence-electron chi connectivity index (χ1n) is 7.84. The van der Waals surface area contributed by atoms with Crippen LogP contribution in [0.5, 0.6) is 0 Å². The second-order valence-corrected chi connectivity index (χ2v) is 6.15. The number of hydrogen-bond acceptors (Lipinski definition) is 6. The van der Waals surface area contributed by atoms with Gasteiger partial charge in [-0.25, -0.2) is 4.98 Å². The smallest absolute Gasteiger partial charge is 0.258 e. The van der Waals surface area contributed by atoms with Crippen LogP contribution in [0, 0.1) is 12.8 Å². The number of amides is 1. The summed E-state index contributed by atoms with van der Waals surface area (Å²) < 4.78 is 6.85. The maximum Gasteiger partial charge on any atom is 0.258 e. The van der Waals surface area contributed by atoms with Gasteiger partial charge in [-0.1, -0.05) is 5.16 Å². The van der Waals surface area contributed by atoms with Gasteiger partial charge < -0.3 is 15.2 Å². The van der Waals surface area contributed by atoms with E-state index >= 15 is 0 Å². The molecule has 4 heterocycles. The Hall–Kier alpha value is -2.16. The number of carbonyl (C=O) groups excluding carboxylic acids is 1. The van der Waals surface area contributed by atoms with Crippen LogP contribution in [0.2, 0.25) is 0 Å². The number of rotatable bonds is 3. The van der Waals surface area contributed by atoms with Crippen molar-refractivity contribution in [1.82, 2.24) is 25.2 Å². The van der Waals surface area contributed by atoms with Gasteiger partial charge in [0.2, 0.25) is 5.91 Å². The first-order chi connectivity index (χ1) is 11.6. The van der Waals surface area contributed by atoms with Crippen LogP contribution in [0.3, 0.4) is 0 Å². The van der Waals surface area contributed by atoms with Crippen molar-refractivity contribution in [1.29, 1.82) is 0 Å². The number of anilines is 1. The number of aryl methyl sites for hydroxylation is 2. The van der Waals surface area contributed by atoms with Crippen molar-refractivity contribution in [3.63, 3.8) is 0 Å². The Morgan fingerprint density at radius 1 is 1.35 bits per heavy atom. The molecule has 0 unspecified atom stereocenters. The lowest BCUT2D eigenvalue weighted by Crippen LogP contribution is -2.28. The molecule has 2 N–H and O–H groups in total. The molecule has 1 amide bonds. The summed E-state index contributed by atoms with van der Waals surface area (Å²) in [5.41, 5.74) is 2.95. The number of nitrogens with one attached hydrogen (secondary N) is 2. The molecule has 3 aromatic rings. The van der Waals surface area contributed by atoms with E-state index in [1.807, 2.05) is 32.4 Å². The van der Waals surface area contributed by atoms with Crippen molar-refractivity contribution in [3.8, 4) is 0 Å². The predicted octanol–water partition coefficient (Wildman–Crippen LogP) is 2.05. The summed E-state index contributed by atoms with van der Waals surface area (Å²) in [6.07, 6.45) is 5.38. The van der Waals surface area contributed by atoms with E-state index < -0.39 is 0 Å². The number of halogens is 2. The molecule has 0 bridgehead atoms. The van der Waals surface area contributed by atoms with Crippen LogP contribution in [0.25, 0.3) is 11.1 Å². The van der Waals surface area contributed by atoms with Crippen LogP contribution in [0.4, 0.5) is 5.69 Å². The Morgan fingerprint density at radius 3 is 2.88 bits per heavy atom. The lowest BCUT2D eigenvalue weighted by molar-refractivity contribution is -0.119. The third-order valence-corrected chi connectivity index (χ3v) is 4.48. The van der Waals surface area contributed by atoms with Gasteiger partial charge in [0.15, 0.2) is 0 Å². The minimum absolute atomic E-state index is 0. The number of hydrogen-bond donors (Lipinski definition) is 2. The van der Waals surface area contributed by atoms with Crippen LogP contribution < -0.4 is 10.6 Å². The maximum absolute atomic E-state index is 12.7. The average molecular weight is 399 g/mol. The molecule has 1 fully saturated rings. The van der Waals surface area contributed by atoms with Gasteiger partial charge in [-0.3, -0.25) is 9.48 Å². The maximum atomic E-state index is 12.7. The average Bonchev–Trinajstić information content (AvgIpc) is 3.28. The van der Waals surface area contributed by atoms with Crippen LogP contribution in [-0.2, 0) is 11.8 Å². The minimum atomic E-state index is -0.145. The van der Waals surface area contributed by atoms with Crippen molar-refractivity contribution in [2.24, 2.45) is 13.0 Å². The summed E-state index contributed by atoms with van der Waals surface area (Å²) in [4.78, 5) is 16.9. The van der Waals surface area contributed by atoms with Gasteiger partial charge in [0.25, 0.3) is 5.71 Å². The molecule has 1 aliphatic heterocycles. The molecule has 0 aromatic carbocycles. The first-order valence-corrected chi connectivity index (χ1v) is 7.84. The monoisotopic (exact) mass is 398 g/mol. The zero-order valence-electron chi connectivity index (χ0n) is 14.3. The van der Waals surface area contributed by atoms with E-state index in [0.717, 1.165) is 23.2 Å². The van der Waals surface area contributed by atoms with E-state index in [-0.39, 0.29) is 42.6 Å². The molecular weight excluding hydrogens is 379 g/mol. The molecule has 3 aromatic heterocycles. The Kier molecular flexibility index (Phi) is 6.22. The van der Waals surface area contributed by atoms with E-state index in [1.165, 1.54) is 0 Å². The molecule has 8 nitrogen and oxygen atoms in total. The van der Waals surface area contributed by atoms with Gasteiger partial charge in [0.1, 0.15) is 0 Å². The number of carbonyl (C=O) groups is 1. The fraction of sp³-hybridized carbons (Fsp3) is 0.375. The standard InChI is InChI=1S/C16H18N6O2.2ClH/c1-9-12-3-11(5-18-16(12)24-21-9)20-15(23)14-7-17-6-13(14)10-4-19-22(2)8-10;;/h3-5,8,13-14,17H,6-7H2,1-2H3,(H,20,23);2*1H/t13-,14+;;/m1../s1. The van der Waals surface area contributed by atoms with Gasteiger partial charge in [-0.15, -0.1) is 24.8 Å². The number of nitrogens with zero attached hydrogens (tertiary/aromatic N) is 4. The van der Waals surface area contributed by atoms with Crippen LogP contribution in [-0.4, -0.2) is 38.9 Å². The second-order valence-electron chi connectivity index (χ2n) is 6.15. The summed E-state index contributed by atoms with van der Waals surface area (Å²) in [6, 6.07) is 1.84. The quantitative estimate of drug-likeness (QED) is 0.700. The molecule has 2 atom stereocenters. The summed E-state index contributed by atoms with van der Waals surface area (Å²) >= 11 is 0. The molecule has 4 rings (SSSR count). The zero-order chi connectivity index (χ0) is 16.7. The van der Waals surface area contributed by atoms with E-state index in [4.69, 9.17) is 4.52 Å². The molecule has 0 aliphatic carbocycles. The highest BCUT2D eigenvalue weighted by molar-refractivity contribution is 5.95. The van der Waals surface area contributed by atoms with Gasteiger partial charge in [-0.05, 0) is 18.6 Å². The highest BCUT2D eigenvalue weighted by Gasteiger charge is 2.34. The highest BCUT2D eigenvalue weighted by Crippen LogP contribution is 2.29. The van der Waals surface area contributed by atoms with Crippen molar-refractivity contribution in [2.75, 3.05) is 18.4 Å². The van der Waals surface area contributed by atoms with E-state index in [2.05, 4.69) is 25.9 Å². The van der Waals surface area contributed by atoms with E-state index in [0.29, 0.717) is 17.9 Å². The molecule has 0 saturated carbocycles. The lowest BCUT2D eigenvalue weighted by Gasteiger charge is -2.16. The Balaban J connectivity index is 0.00000121. The van der Waals surface area contributed by atoms with Gasteiger partial charge >= 0.3 is 0 Å². The number of aromatic nitrogens is 4. The van der Waals surface area contributed by atoms with Gasteiger partial charge in [-0.2, -0.15) is 5.10 Å². The van der Waals surface area contributed by atoms with Crippen molar-refractivity contribution in [3.05, 3.63) is 35.9 Å². The molecule has 1 aliphatic rings. The third kappa shape index (κ3) is 3.67. The number of pyridine rings is 1. The molecular formula is C16H20Cl2N6O2. The Bertz CT molecular complexity index is 909. The normalized spacial score (nSPS) is 19.0. The lowest BCUT2D eigenvalue weighted by atomic mass is 9.90. The van der Waals surface area contributed by atoms with Crippen molar-refractivity contribution in [2.45, 2.75) is 12.8 Å². The Labute approximate surface area is 162 Å². The summed E-state index contributed by atoms with van der Waals surface area (Å²) in [5.74, 6) is -0.0507. The topological polar surface area (TPSA) is 97.9 Å². The zero-order valence-corrected chi connectivity index (χ0v) is 15.9. The Morgan fingerprint density at radius 2 is 2.15 bits per heavy atom. The fourth-order valence-electron chi connectivity index (χ4n) is 3.18. The molecule has 26 heavy (non-hydrogen) atoms. The van der Waals surface area contributed by atoms with Crippen LogP contribution in [0.1, 0.15) is 17.2 Å². The van der Waals surface area contributed by atoms with Crippen molar-refractivity contribution >= 4 is 47.5 Å². The van der Waals surface area contributed by atoms with Gasteiger partial charge in [0.05, 0.1) is 35.1 Å². The summed E-state index contributed by atoms with van der Waals surface area (Å²) in [6.45, 7) is 3.26. The summed E-state index contributed by atoms with van der Waals surface area (Å²) in [5, 5.41) is 15.1. The number of fused-ring (bicyclic) bond motifs is 1. The van der Waals surface area contributed by atoms with E-state index in [1.54, 1.807) is 10.9 Å². The SMILES string of the molecule is Cc1noc2ncc(NC(=O)[C@H]3CNC[C@@H]3c3cnn(C)c3)cc12.Cl.Cl. The predicted molar refractivity (Wildman–Crippen MR) is 102 cm³/mol. The van der Waals surface area contributed by atoms with Gasteiger partial charge in [0, 0.05) is 32.3 Å². The summed E-state index contributed by atoms with van der Waals surface area (Å²) in [7, 11) is 1.88. The second kappa shape index (κ2) is 8.03. The van der Waals surface area contributed by atoms with E-state index in [9.17, 15) is 4.79 Å². The van der Waals surface area contributed by atoms with Crippen molar-refractivity contribution < 1.29 is 9.32 Å². The third-order valence-electron chi connectivity index (χ3n) is 4.48. The molecule has 1 saturated heterocycles. The first kappa shape index (κ1) is 20.2. The molecule has 140 valence electrons. The molecule has 10 heteroatoms. The fourth-order valence-corrected chi connectivity index (χ4v) is 3.18. The van der Waals surface area contributed by atoms with Crippen LogP contribution in [0.15, 0.2) is 29.2 Å².